The fraction of sp³-hybridized carbons (Fsp3) is 1.00. The molecule has 3 radical (unpaired) electrons. The predicted molar refractivity (Wildman–Crippen MR) is 43.2 cm³/mol. The molecule has 1 fully saturated rings. The number of hydrogen-bond donors (Lipinski definition) is 0. The molecule has 57 valence electrons. The first kappa shape index (κ1) is 8.28. The number of rotatable bonds is 2. The Hall–Kier alpha value is 0.177. The maximum absolute atomic E-state index is 5.48. The molecule has 0 heterocycles. The fourth-order valence-corrected chi connectivity index (χ4v) is 1.76. The second-order valence-corrected chi connectivity index (χ2v) is 3.21. The van der Waals surface area contributed by atoms with E-state index in [2.05, 4.69) is 10.2 Å². The van der Waals surface area contributed by atoms with Crippen LogP contribution in [-0.4, -0.2) is 22.6 Å². The van der Waals surface area contributed by atoms with Crippen LogP contribution in [0, 0.1) is 0 Å². The molecule has 2 heteroatoms. The lowest BCUT2D eigenvalue weighted by molar-refractivity contribution is 0.0752. The minimum Gasteiger partial charge on any atom is -0.382 e. The van der Waals surface area contributed by atoms with Crippen molar-refractivity contribution in [3.05, 3.63) is 0 Å². The first-order valence-corrected chi connectivity index (χ1v) is 4.90. The van der Waals surface area contributed by atoms with Gasteiger partial charge in [-0.1, -0.05) is 25.7 Å². The molecule has 0 spiro atoms. The van der Waals surface area contributed by atoms with Crippen molar-refractivity contribution in [2.75, 3.05) is 6.23 Å². The fourth-order valence-electron chi connectivity index (χ4n) is 1.53. The third-order valence-electron chi connectivity index (χ3n) is 2.12. The van der Waals surface area contributed by atoms with E-state index in [-0.39, 0.29) is 0 Å². The van der Waals surface area contributed by atoms with Crippen LogP contribution in [0.25, 0.3) is 0 Å². The highest BCUT2D eigenvalue weighted by molar-refractivity contribution is 6.08. The summed E-state index contributed by atoms with van der Waals surface area (Å²) >= 11 is 0. The SMILES string of the molecule is [Si]COC1CCCCCC1. The first-order valence-electron chi connectivity index (χ1n) is 4.19. The van der Waals surface area contributed by atoms with Crippen molar-refractivity contribution in [1.82, 2.24) is 0 Å². The molecule has 0 unspecified atom stereocenters. The Morgan fingerprint density at radius 3 is 2.20 bits per heavy atom. The van der Waals surface area contributed by atoms with Crippen LogP contribution in [0.3, 0.4) is 0 Å². The molecule has 0 aliphatic heterocycles. The molecule has 1 nitrogen and oxygen atoms in total. The Morgan fingerprint density at radius 2 is 1.70 bits per heavy atom. The zero-order valence-corrected chi connectivity index (χ0v) is 7.44. The zero-order chi connectivity index (χ0) is 7.23. The van der Waals surface area contributed by atoms with Gasteiger partial charge in [0.2, 0.25) is 0 Å². The standard InChI is InChI=1S/C8H15OSi/c10-7-9-8-5-3-1-2-4-6-8/h8H,1-7H2. The molecule has 1 aliphatic rings. The van der Waals surface area contributed by atoms with E-state index in [1.807, 2.05) is 0 Å². The summed E-state index contributed by atoms with van der Waals surface area (Å²) in [4.78, 5) is 0. The van der Waals surface area contributed by atoms with Crippen molar-refractivity contribution in [3.63, 3.8) is 0 Å². The summed E-state index contributed by atoms with van der Waals surface area (Å²) in [7, 11) is 3.33. The van der Waals surface area contributed by atoms with Crippen LogP contribution in [0.15, 0.2) is 0 Å². The third-order valence-corrected chi connectivity index (χ3v) is 2.29. The van der Waals surface area contributed by atoms with Crippen LogP contribution >= 0.6 is 0 Å². The molecular weight excluding hydrogens is 140 g/mol. The lowest BCUT2D eigenvalue weighted by atomic mass is 10.2. The molecule has 1 aliphatic carbocycles. The molecule has 1 saturated carbocycles. The maximum atomic E-state index is 5.48. The Kier molecular flexibility index (Phi) is 4.06. The molecule has 0 saturated heterocycles. The van der Waals surface area contributed by atoms with E-state index in [0.717, 1.165) is 0 Å². The minimum atomic E-state index is 0.542. The van der Waals surface area contributed by atoms with E-state index in [1.165, 1.54) is 38.5 Å². The Labute approximate surface area is 66.6 Å². The third kappa shape index (κ3) is 2.84. The van der Waals surface area contributed by atoms with Crippen LogP contribution in [-0.2, 0) is 4.74 Å². The van der Waals surface area contributed by atoms with Gasteiger partial charge in [-0.3, -0.25) is 0 Å². The van der Waals surface area contributed by atoms with E-state index in [4.69, 9.17) is 4.74 Å². The van der Waals surface area contributed by atoms with E-state index in [0.29, 0.717) is 12.3 Å². The first-order chi connectivity index (χ1) is 4.93. The molecular formula is C8H15OSi. The Morgan fingerprint density at radius 1 is 1.10 bits per heavy atom. The molecule has 0 N–H and O–H groups in total. The summed E-state index contributed by atoms with van der Waals surface area (Å²) in [6.07, 6.45) is 9.30. The smallest absolute Gasteiger partial charge is 0.0609 e. The summed E-state index contributed by atoms with van der Waals surface area (Å²) in [6, 6.07) is 0. The highest BCUT2D eigenvalue weighted by atomic mass is 28.1. The van der Waals surface area contributed by atoms with Crippen molar-refractivity contribution in [2.45, 2.75) is 44.6 Å². The van der Waals surface area contributed by atoms with E-state index >= 15 is 0 Å². The molecule has 0 amide bonds. The second kappa shape index (κ2) is 4.91. The van der Waals surface area contributed by atoms with Crippen molar-refractivity contribution < 1.29 is 4.74 Å². The van der Waals surface area contributed by atoms with Gasteiger partial charge >= 0.3 is 0 Å². The Bertz CT molecular complexity index is 77.3. The highest BCUT2D eigenvalue weighted by Gasteiger charge is 2.10. The van der Waals surface area contributed by atoms with E-state index in [9.17, 15) is 0 Å². The van der Waals surface area contributed by atoms with Crippen molar-refractivity contribution in [2.24, 2.45) is 0 Å². The molecule has 0 aromatic carbocycles. The summed E-state index contributed by atoms with van der Waals surface area (Å²) < 4.78 is 5.48. The van der Waals surface area contributed by atoms with E-state index < -0.39 is 0 Å². The molecule has 0 bridgehead atoms. The maximum Gasteiger partial charge on any atom is 0.0609 e. The topological polar surface area (TPSA) is 9.23 Å². The highest BCUT2D eigenvalue weighted by Crippen LogP contribution is 2.19. The van der Waals surface area contributed by atoms with Gasteiger partial charge in [0.25, 0.3) is 0 Å². The molecule has 0 aromatic rings. The van der Waals surface area contributed by atoms with Gasteiger partial charge in [0.05, 0.1) is 16.3 Å². The minimum absolute atomic E-state index is 0.542. The summed E-state index contributed by atoms with van der Waals surface area (Å²) in [5.74, 6) is 0. The van der Waals surface area contributed by atoms with Crippen LogP contribution in [0.1, 0.15) is 38.5 Å². The quantitative estimate of drug-likeness (QED) is 0.437. The monoisotopic (exact) mass is 155 g/mol. The van der Waals surface area contributed by atoms with Crippen molar-refractivity contribution in [3.8, 4) is 0 Å². The van der Waals surface area contributed by atoms with Gasteiger partial charge in [0.1, 0.15) is 0 Å². The summed E-state index contributed by atoms with van der Waals surface area (Å²) in [5, 5.41) is 0. The summed E-state index contributed by atoms with van der Waals surface area (Å²) in [6.45, 7) is 0. The molecule has 10 heavy (non-hydrogen) atoms. The van der Waals surface area contributed by atoms with Gasteiger partial charge in [0, 0.05) is 6.23 Å². The van der Waals surface area contributed by atoms with Gasteiger partial charge in [-0.15, -0.1) is 0 Å². The largest absolute Gasteiger partial charge is 0.382 e. The molecule has 1 rings (SSSR count). The van der Waals surface area contributed by atoms with Gasteiger partial charge in [-0.25, -0.2) is 0 Å². The number of ether oxygens (including phenoxy) is 1. The Balaban J connectivity index is 2.15. The summed E-state index contributed by atoms with van der Waals surface area (Å²) in [5.41, 5.74) is 0. The van der Waals surface area contributed by atoms with Gasteiger partial charge in [-0.2, -0.15) is 0 Å². The molecule has 0 aromatic heterocycles. The lowest BCUT2D eigenvalue weighted by Gasteiger charge is -2.12. The van der Waals surface area contributed by atoms with Crippen molar-refractivity contribution >= 4 is 10.2 Å². The predicted octanol–water partition coefficient (Wildman–Crippen LogP) is 1.85. The van der Waals surface area contributed by atoms with Crippen LogP contribution in [0.5, 0.6) is 0 Å². The van der Waals surface area contributed by atoms with Crippen molar-refractivity contribution in [1.29, 1.82) is 0 Å². The second-order valence-electron chi connectivity index (χ2n) is 2.92. The van der Waals surface area contributed by atoms with Crippen LogP contribution in [0.2, 0.25) is 0 Å². The van der Waals surface area contributed by atoms with Gasteiger partial charge in [-0.05, 0) is 12.8 Å². The lowest BCUT2D eigenvalue weighted by Crippen LogP contribution is -2.12. The average molecular weight is 155 g/mol. The van der Waals surface area contributed by atoms with Gasteiger partial charge < -0.3 is 4.74 Å². The van der Waals surface area contributed by atoms with Gasteiger partial charge in [0.15, 0.2) is 0 Å². The van der Waals surface area contributed by atoms with Crippen LogP contribution in [0.4, 0.5) is 0 Å². The molecule has 0 atom stereocenters. The number of hydrogen-bond acceptors (Lipinski definition) is 1. The van der Waals surface area contributed by atoms with Crippen LogP contribution < -0.4 is 0 Å². The average Bonchev–Trinajstić information content (AvgIpc) is 2.17. The normalized spacial score (nSPS) is 22.5. The zero-order valence-electron chi connectivity index (χ0n) is 6.44. The van der Waals surface area contributed by atoms with E-state index in [1.54, 1.807) is 0 Å².